The van der Waals surface area contributed by atoms with E-state index in [2.05, 4.69) is 10.0 Å². The maximum atomic E-state index is 14.0. The van der Waals surface area contributed by atoms with Crippen molar-refractivity contribution in [3.8, 4) is 11.5 Å². The maximum absolute atomic E-state index is 14.0. The molecular formula is C38H36FN3O6S. The minimum absolute atomic E-state index is 0.0466. The van der Waals surface area contributed by atoms with Crippen LogP contribution in [0.15, 0.2) is 138 Å². The maximum Gasteiger partial charge on any atom is 0.261 e. The molecular weight excluding hydrogens is 645 g/mol. The number of amides is 2. The molecule has 0 unspecified atom stereocenters. The molecule has 2 N–H and O–H groups in total. The molecule has 0 saturated carbocycles. The zero-order valence-electron chi connectivity index (χ0n) is 26.8. The van der Waals surface area contributed by atoms with Crippen LogP contribution in [-0.4, -0.2) is 44.9 Å². The van der Waals surface area contributed by atoms with E-state index in [0.717, 1.165) is 28.8 Å². The number of anilines is 1. The highest BCUT2D eigenvalue weighted by Gasteiger charge is 2.31. The van der Waals surface area contributed by atoms with Gasteiger partial charge in [0.2, 0.25) is 5.91 Å². The fourth-order valence-electron chi connectivity index (χ4n) is 5.06. The van der Waals surface area contributed by atoms with E-state index in [4.69, 9.17) is 9.47 Å². The summed E-state index contributed by atoms with van der Waals surface area (Å²) in [6.07, 6.45) is 0.261. The summed E-state index contributed by atoms with van der Waals surface area (Å²) < 4.78 is 52.5. The molecule has 49 heavy (non-hydrogen) atoms. The molecule has 1 atom stereocenters. The minimum Gasteiger partial charge on any atom is -0.497 e. The largest absolute Gasteiger partial charge is 0.497 e. The number of sulfonamides is 1. The number of carbonyl (C=O) groups is 2. The first kappa shape index (κ1) is 34.6. The summed E-state index contributed by atoms with van der Waals surface area (Å²) in [6.45, 7) is -0.000675. The van der Waals surface area contributed by atoms with E-state index < -0.39 is 34.4 Å². The van der Waals surface area contributed by atoms with Crippen molar-refractivity contribution in [3.05, 3.63) is 156 Å². The molecule has 11 heteroatoms. The first-order valence-corrected chi connectivity index (χ1v) is 17.0. The predicted octanol–water partition coefficient (Wildman–Crippen LogP) is 5.97. The monoisotopic (exact) mass is 681 g/mol. The predicted molar refractivity (Wildman–Crippen MR) is 185 cm³/mol. The Kier molecular flexibility index (Phi) is 11.6. The number of hydrogen-bond acceptors (Lipinski definition) is 6. The van der Waals surface area contributed by atoms with Crippen molar-refractivity contribution in [2.24, 2.45) is 0 Å². The van der Waals surface area contributed by atoms with E-state index in [0.29, 0.717) is 5.75 Å². The Bertz CT molecular complexity index is 1920. The van der Waals surface area contributed by atoms with E-state index in [1.165, 1.54) is 41.3 Å². The highest BCUT2D eigenvalue weighted by Crippen LogP contribution is 2.21. The van der Waals surface area contributed by atoms with E-state index in [9.17, 15) is 22.4 Å². The molecule has 0 saturated heterocycles. The molecule has 0 spiro atoms. The van der Waals surface area contributed by atoms with Gasteiger partial charge in [0.1, 0.15) is 23.4 Å². The Labute approximate surface area is 285 Å². The fraction of sp³-hybridized carbons (Fsp3) is 0.158. The summed E-state index contributed by atoms with van der Waals surface area (Å²) in [4.78, 5) is 29.3. The topological polar surface area (TPSA) is 114 Å². The SMILES string of the molecule is COc1ccc(CN(C(=O)COc2ccc(S(=O)(=O)Nc3ccc(F)cc3)cc2)[C@@H](Cc2ccccc2)C(=O)NCc2ccccc2)cc1. The van der Waals surface area contributed by atoms with Crippen molar-refractivity contribution in [1.29, 1.82) is 0 Å². The second-order valence-corrected chi connectivity index (χ2v) is 12.8. The highest BCUT2D eigenvalue weighted by molar-refractivity contribution is 7.92. The number of methoxy groups -OCH3 is 1. The summed E-state index contributed by atoms with van der Waals surface area (Å²) in [7, 11) is -2.39. The molecule has 5 aromatic rings. The molecule has 252 valence electrons. The molecule has 5 rings (SSSR count). The van der Waals surface area contributed by atoms with Gasteiger partial charge >= 0.3 is 0 Å². The second kappa shape index (κ2) is 16.4. The van der Waals surface area contributed by atoms with Gasteiger partial charge in [-0.05, 0) is 77.4 Å². The third kappa shape index (κ3) is 9.91. The van der Waals surface area contributed by atoms with Crippen LogP contribution in [0.2, 0.25) is 0 Å². The highest BCUT2D eigenvalue weighted by atomic mass is 32.2. The van der Waals surface area contributed by atoms with Gasteiger partial charge in [0.05, 0.1) is 12.0 Å². The molecule has 0 heterocycles. The quantitative estimate of drug-likeness (QED) is 0.141. The van der Waals surface area contributed by atoms with Gasteiger partial charge in [-0.3, -0.25) is 14.3 Å². The lowest BCUT2D eigenvalue weighted by Crippen LogP contribution is -2.51. The van der Waals surface area contributed by atoms with Crippen molar-refractivity contribution in [2.75, 3.05) is 18.4 Å². The smallest absolute Gasteiger partial charge is 0.261 e. The molecule has 5 aromatic carbocycles. The number of rotatable bonds is 15. The summed E-state index contributed by atoms with van der Waals surface area (Å²) in [5.74, 6) is -0.337. The van der Waals surface area contributed by atoms with Gasteiger partial charge in [0, 0.05) is 25.2 Å². The first-order chi connectivity index (χ1) is 23.7. The summed E-state index contributed by atoms with van der Waals surface area (Å²) in [5, 5.41) is 3.00. The Morgan fingerprint density at radius 1 is 0.735 bits per heavy atom. The zero-order chi connectivity index (χ0) is 34.6. The van der Waals surface area contributed by atoms with Crippen LogP contribution in [0.25, 0.3) is 0 Å². The Morgan fingerprint density at radius 2 is 1.33 bits per heavy atom. The molecule has 0 aliphatic heterocycles. The number of benzene rings is 5. The Hall–Kier alpha value is -5.68. The zero-order valence-corrected chi connectivity index (χ0v) is 27.6. The number of carbonyl (C=O) groups excluding carboxylic acids is 2. The first-order valence-electron chi connectivity index (χ1n) is 15.5. The molecule has 2 amide bonds. The van der Waals surface area contributed by atoms with E-state index in [1.54, 1.807) is 19.2 Å². The third-order valence-corrected chi connectivity index (χ3v) is 9.08. The van der Waals surface area contributed by atoms with Crippen molar-refractivity contribution >= 4 is 27.5 Å². The second-order valence-electron chi connectivity index (χ2n) is 11.2. The number of hydrogen-bond donors (Lipinski definition) is 2. The molecule has 0 fully saturated rings. The lowest BCUT2D eigenvalue weighted by molar-refractivity contribution is -0.142. The van der Waals surface area contributed by atoms with Crippen molar-refractivity contribution in [1.82, 2.24) is 10.2 Å². The third-order valence-electron chi connectivity index (χ3n) is 7.69. The van der Waals surface area contributed by atoms with Gasteiger partial charge in [-0.1, -0.05) is 72.8 Å². The Balaban J connectivity index is 1.35. The standard InChI is InChI=1S/C38H36FN3O6S/c1-47-33-18-12-30(13-19-33)26-42(36(24-28-8-4-2-5-9-28)38(44)40-25-29-10-6-3-7-11-29)37(43)27-48-34-20-22-35(23-21-34)49(45,46)41-32-16-14-31(39)15-17-32/h2-23,36,41H,24-27H2,1H3,(H,40,44)/t36-/m0/s1. The van der Waals surface area contributed by atoms with Gasteiger partial charge in [-0.2, -0.15) is 0 Å². The molecule has 0 bridgehead atoms. The number of nitrogens with zero attached hydrogens (tertiary/aromatic N) is 1. The van der Waals surface area contributed by atoms with E-state index >= 15 is 0 Å². The van der Waals surface area contributed by atoms with Crippen LogP contribution < -0.4 is 19.5 Å². The number of halogens is 1. The average Bonchev–Trinajstić information content (AvgIpc) is 3.13. The van der Waals surface area contributed by atoms with Crippen LogP contribution in [0.5, 0.6) is 11.5 Å². The lowest BCUT2D eigenvalue weighted by Gasteiger charge is -2.31. The van der Waals surface area contributed by atoms with Crippen LogP contribution in [-0.2, 0) is 39.1 Å². The normalized spacial score (nSPS) is 11.6. The van der Waals surface area contributed by atoms with Crippen LogP contribution in [0.4, 0.5) is 10.1 Å². The minimum atomic E-state index is -3.96. The van der Waals surface area contributed by atoms with Crippen LogP contribution in [0.1, 0.15) is 16.7 Å². The Morgan fingerprint density at radius 3 is 1.94 bits per heavy atom. The average molecular weight is 682 g/mol. The fourth-order valence-corrected chi connectivity index (χ4v) is 6.12. The molecule has 0 aromatic heterocycles. The van der Waals surface area contributed by atoms with Gasteiger partial charge < -0.3 is 19.7 Å². The molecule has 9 nitrogen and oxygen atoms in total. The van der Waals surface area contributed by atoms with E-state index in [-0.39, 0.29) is 41.7 Å². The van der Waals surface area contributed by atoms with Crippen molar-refractivity contribution < 1.29 is 31.9 Å². The lowest BCUT2D eigenvalue weighted by atomic mass is 10.0. The van der Waals surface area contributed by atoms with Crippen LogP contribution >= 0.6 is 0 Å². The summed E-state index contributed by atoms with van der Waals surface area (Å²) in [5.41, 5.74) is 2.79. The van der Waals surface area contributed by atoms with Crippen molar-refractivity contribution in [3.63, 3.8) is 0 Å². The number of nitrogens with one attached hydrogen (secondary N) is 2. The van der Waals surface area contributed by atoms with E-state index in [1.807, 2.05) is 72.8 Å². The molecule has 0 aliphatic rings. The number of ether oxygens (including phenoxy) is 2. The van der Waals surface area contributed by atoms with Gasteiger partial charge in [-0.15, -0.1) is 0 Å². The summed E-state index contributed by atoms with van der Waals surface area (Å²) >= 11 is 0. The molecule has 0 aliphatic carbocycles. The molecule has 0 radical (unpaired) electrons. The van der Waals surface area contributed by atoms with Crippen molar-refractivity contribution in [2.45, 2.75) is 30.4 Å². The van der Waals surface area contributed by atoms with Gasteiger partial charge in [0.25, 0.3) is 15.9 Å². The van der Waals surface area contributed by atoms with Gasteiger partial charge in [0.15, 0.2) is 6.61 Å². The van der Waals surface area contributed by atoms with Crippen LogP contribution in [0.3, 0.4) is 0 Å². The van der Waals surface area contributed by atoms with Crippen LogP contribution in [0, 0.1) is 5.82 Å². The summed E-state index contributed by atoms with van der Waals surface area (Å²) in [6, 6.07) is 35.8. The van der Waals surface area contributed by atoms with Gasteiger partial charge in [-0.25, -0.2) is 12.8 Å².